The number of carbonyl (C=O) groups excluding carboxylic acids is 2. The normalized spacial score (nSPS) is 18.5. The van der Waals surface area contributed by atoms with Crippen molar-refractivity contribution < 1.29 is 9.59 Å². The molecule has 29 heavy (non-hydrogen) atoms. The van der Waals surface area contributed by atoms with E-state index in [0.717, 1.165) is 24.2 Å². The van der Waals surface area contributed by atoms with Crippen LogP contribution >= 0.6 is 11.8 Å². The van der Waals surface area contributed by atoms with Gasteiger partial charge in [0.25, 0.3) is 5.91 Å². The van der Waals surface area contributed by atoms with Gasteiger partial charge in [0.2, 0.25) is 5.91 Å². The molecule has 0 radical (unpaired) electrons. The van der Waals surface area contributed by atoms with Gasteiger partial charge in [-0.05, 0) is 49.1 Å². The van der Waals surface area contributed by atoms with Gasteiger partial charge in [-0.1, -0.05) is 38.0 Å². The van der Waals surface area contributed by atoms with Crippen LogP contribution in [0.1, 0.15) is 48.5 Å². The first-order valence-electron chi connectivity index (χ1n) is 9.89. The summed E-state index contributed by atoms with van der Waals surface area (Å²) in [6.07, 6.45) is 4.55. The summed E-state index contributed by atoms with van der Waals surface area (Å²) in [7, 11) is 0. The van der Waals surface area contributed by atoms with Crippen LogP contribution in [-0.2, 0) is 4.79 Å². The van der Waals surface area contributed by atoms with Gasteiger partial charge in [0.15, 0.2) is 0 Å². The van der Waals surface area contributed by atoms with E-state index in [1.54, 1.807) is 30.3 Å². The topological polar surface area (TPSA) is 82.0 Å². The molecule has 1 fully saturated rings. The van der Waals surface area contributed by atoms with Crippen LogP contribution in [0.15, 0.2) is 53.4 Å². The average Bonchev–Trinajstić information content (AvgIpc) is 2.74. The Morgan fingerprint density at radius 3 is 2.72 bits per heavy atom. The van der Waals surface area contributed by atoms with Gasteiger partial charge in [-0.3, -0.25) is 9.59 Å². The second kappa shape index (κ2) is 10.1. The van der Waals surface area contributed by atoms with E-state index in [4.69, 9.17) is 5.26 Å². The molecule has 0 bridgehead atoms. The van der Waals surface area contributed by atoms with Crippen LogP contribution in [-0.4, -0.2) is 23.6 Å². The first kappa shape index (κ1) is 20.9. The maximum atomic E-state index is 12.8. The summed E-state index contributed by atoms with van der Waals surface area (Å²) >= 11 is 1.34. The van der Waals surface area contributed by atoms with E-state index in [0.29, 0.717) is 22.7 Å². The largest absolute Gasteiger partial charge is 0.349 e. The van der Waals surface area contributed by atoms with Gasteiger partial charge in [0.05, 0.1) is 22.9 Å². The molecule has 6 heteroatoms. The quantitative estimate of drug-likeness (QED) is 0.686. The zero-order valence-corrected chi connectivity index (χ0v) is 17.3. The lowest BCUT2D eigenvalue weighted by atomic mass is 9.86. The molecule has 1 aliphatic rings. The highest BCUT2D eigenvalue weighted by molar-refractivity contribution is 8.00. The van der Waals surface area contributed by atoms with Gasteiger partial charge < -0.3 is 10.6 Å². The third-order valence-corrected chi connectivity index (χ3v) is 6.27. The fourth-order valence-corrected chi connectivity index (χ4v) is 4.41. The zero-order valence-electron chi connectivity index (χ0n) is 16.5. The summed E-state index contributed by atoms with van der Waals surface area (Å²) in [5.41, 5.74) is 1.69. The van der Waals surface area contributed by atoms with Gasteiger partial charge in [-0.2, -0.15) is 5.26 Å². The predicted molar refractivity (Wildman–Crippen MR) is 116 cm³/mol. The van der Waals surface area contributed by atoms with E-state index in [-0.39, 0.29) is 23.6 Å². The molecule has 0 aliphatic heterocycles. The van der Waals surface area contributed by atoms with E-state index in [1.807, 2.05) is 18.2 Å². The number of hydrogen-bond acceptors (Lipinski definition) is 4. The molecule has 0 aromatic heterocycles. The molecular weight excluding hydrogens is 382 g/mol. The summed E-state index contributed by atoms with van der Waals surface area (Å²) in [5.74, 6) is 0.415. The van der Waals surface area contributed by atoms with Crippen molar-refractivity contribution in [2.24, 2.45) is 5.92 Å². The number of benzene rings is 2. The molecule has 5 nitrogen and oxygen atoms in total. The van der Waals surface area contributed by atoms with Crippen molar-refractivity contribution in [3.8, 4) is 6.07 Å². The van der Waals surface area contributed by atoms with Crippen molar-refractivity contribution in [2.75, 3.05) is 11.1 Å². The monoisotopic (exact) mass is 407 g/mol. The standard InChI is InChI=1S/C23H25N3O2S/c1-16-7-2-4-11-20(16)26-23(28)19-10-3-5-12-21(19)29-15-22(27)25-18-9-6-8-17(13-18)14-24/h3,5-6,8-10,12-13,16,20H,2,4,7,11,15H2,1H3,(H,25,27)(H,26,28). The summed E-state index contributed by atoms with van der Waals surface area (Å²) in [4.78, 5) is 25.9. The Bertz CT molecular complexity index is 922. The van der Waals surface area contributed by atoms with Crippen molar-refractivity contribution in [1.82, 2.24) is 5.32 Å². The molecule has 1 aliphatic carbocycles. The number of anilines is 1. The predicted octanol–water partition coefficient (Wildman–Crippen LogP) is 4.60. The number of nitriles is 1. The van der Waals surface area contributed by atoms with Crippen LogP contribution < -0.4 is 10.6 Å². The Kier molecular flexibility index (Phi) is 7.31. The first-order valence-corrected chi connectivity index (χ1v) is 10.9. The molecule has 0 saturated heterocycles. The Balaban J connectivity index is 1.60. The minimum Gasteiger partial charge on any atom is -0.349 e. The first-order chi connectivity index (χ1) is 14.1. The van der Waals surface area contributed by atoms with E-state index in [2.05, 4.69) is 23.6 Å². The number of nitrogens with zero attached hydrogens (tertiary/aromatic N) is 1. The molecule has 1 saturated carbocycles. The van der Waals surface area contributed by atoms with Gasteiger partial charge in [-0.15, -0.1) is 11.8 Å². The number of nitrogens with one attached hydrogen (secondary N) is 2. The zero-order chi connectivity index (χ0) is 20.6. The lowest BCUT2D eigenvalue weighted by Crippen LogP contribution is -2.41. The number of rotatable bonds is 6. The molecule has 0 spiro atoms. The van der Waals surface area contributed by atoms with Crippen molar-refractivity contribution in [2.45, 2.75) is 43.5 Å². The van der Waals surface area contributed by atoms with Crippen molar-refractivity contribution in [1.29, 1.82) is 5.26 Å². The number of amides is 2. The van der Waals surface area contributed by atoms with E-state index in [1.165, 1.54) is 18.2 Å². The number of hydrogen-bond donors (Lipinski definition) is 2. The Hall–Kier alpha value is -2.78. The smallest absolute Gasteiger partial charge is 0.252 e. The van der Waals surface area contributed by atoms with Crippen LogP contribution in [0.3, 0.4) is 0 Å². The number of thioether (sulfide) groups is 1. The highest BCUT2D eigenvalue weighted by atomic mass is 32.2. The van der Waals surface area contributed by atoms with Gasteiger partial charge in [-0.25, -0.2) is 0 Å². The molecule has 2 aromatic rings. The minimum absolute atomic E-state index is 0.0750. The number of carbonyl (C=O) groups is 2. The average molecular weight is 408 g/mol. The van der Waals surface area contributed by atoms with Gasteiger partial charge in [0.1, 0.15) is 0 Å². The molecule has 150 valence electrons. The minimum atomic E-state index is -0.179. The summed E-state index contributed by atoms with van der Waals surface area (Å²) in [6.45, 7) is 2.19. The molecule has 0 heterocycles. The molecule has 2 unspecified atom stereocenters. The highest BCUT2D eigenvalue weighted by Gasteiger charge is 2.24. The second-order valence-electron chi connectivity index (χ2n) is 7.37. The van der Waals surface area contributed by atoms with Crippen LogP contribution in [0.5, 0.6) is 0 Å². The van der Waals surface area contributed by atoms with E-state index < -0.39 is 0 Å². The van der Waals surface area contributed by atoms with Crippen LogP contribution in [0.4, 0.5) is 5.69 Å². The van der Waals surface area contributed by atoms with Crippen LogP contribution in [0.2, 0.25) is 0 Å². The third-order valence-electron chi connectivity index (χ3n) is 5.19. The fourth-order valence-electron chi connectivity index (χ4n) is 3.56. The van der Waals surface area contributed by atoms with Gasteiger partial charge >= 0.3 is 0 Å². The Morgan fingerprint density at radius 2 is 1.93 bits per heavy atom. The van der Waals surface area contributed by atoms with Crippen molar-refractivity contribution >= 4 is 29.3 Å². The summed E-state index contributed by atoms with van der Waals surface area (Å²) in [5, 5.41) is 14.9. The molecule has 2 atom stereocenters. The molecule has 2 aromatic carbocycles. The highest BCUT2D eigenvalue weighted by Crippen LogP contribution is 2.26. The van der Waals surface area contributed by atoms with Crippen LogP contribution in [0.25, 0.3) is 0 Å². The SMILES string of the molecule is CC1CCCCC1NC(=O)c1ccccc1SCC(=O)Nc1cccc(C#N)c1. The molecule has 3 rings (SSSR count). The lowest BCUT2D eigenvalue weighted by molar-refractivity contribution is -0.113. The van der Waals surface area contributed by atoms with Crippen molar-refractivity contribution in [3.05, 3.63) is 59.7 Å². The van der Waals surface area contributed by atoms with Crippen molar-refractivity contribution in [3.63, 3.8) is 0 Å². The van der Waals surface area contributed by atoms with Gasteiger partial charge in [0, 0.05) is 16.6 Å². The second-order valence-corrected chi connectivity index (χ2v) is 8.38. The maximum Gasteiger partial charge on any atom is 0.252 e. The third kappa shape index (κ3) is 5.85. The maximum absolute atomic E-state index is 12.8. The fraction of sp³-hybridized carbons (Fsp3) is 0.348. The Labute approximate surface area is 175 Å². The lowest BCUT2D eigenvalue weighted by Gasteiger charge is -2.29. The Morgan fingerprint density at radius 1 is 1.14 bits per heavy atom. The molecule has 2 N–H and O–H groups in total. The van der Waals surface area contributed by atoms with Crippen LogP contribution in [0, 0.1) is 17.2 Å². The molecular formula is C23H25N3O2S. The van der Waals surface area contributed by atoms with E-state index >= 15 is 0 Å². The van der Waals surface area contributed by atoms with E-state index in [9.17, 15) is 9.59 Å². The molecule has 2 amide bonds. The summed E-state index contributed by atoms with van der Waals surface area (Å²) < 4.78 is 0. The summed E-state index contributed by atoms with van der Waals surface area (Å²) in [6, 6.07) is 16.5.